The van der Waals surface area contributed by atoms with Crippen LogP contribution < -0.4 is 21.7 Å². The predicted octanol–water partition coefficient (Wildman–Crippen LogP) is 0.797. The van der Waals surface area contributed by atoms with Crippen molar-refractivity contribution >= 4 is 30.4 Å². The molecule has 0 unspecified atom stereocenters. The van der Waals surface area contributed by atoms with Gasteiger partial charge in [-0.1, -0.05) is 50.6 Å². The summed E-state index contributed by atoms with van der Waals surface area (Å²) in [6, 6.07) is 7.25. The molecule has 5 N–H and O–H groups in total. The molecular formula is C23H36N4O4S. The van der Waals surface area contributed by atoms with E-state index in [1.165, 1.54) is 0 Å². The van der Waals surface area contributed by atoms with Crippen molar-refractivity contribution in [2.45, 2.75) is 63.7 Å². The van der Waals surface area contributed by atoms with Crippen LogP contribution in [0, 0.1) is 5.92 Å². The number of hydrogen-bond donors (Lipinski definition) is 5. The van der Waals surface area contributed by atoms with Crippen LogP contribution in [-0.4, -0.2) is 60.9 Å². The summed E-state index contributed by atoms with van der Waals surface area (Å²) in [7, 11) is 0. The van der Waals surface area contributed by atoms with Crippen LogP contribution >= 0.6 is 12.6 Å². The molecule has 0 saturated carbocycles. The lowest BCUT2D eigenvalue weighted by Crippen LogP contribution is -2.58. The van der Waals surface area contributed by atoms with Crippen molar-refractivity contribution in [1.29, 1.82) is 0 Å². The molecule has 32 heavy (non-hydrogen) atoms. The first-order chi connectivity index (χ1) is 15.3. The number of carbonyl (C=O) groups is 3. The second-order valence-electron chi connectivity index (χ2n) is 8.34. The first-order valence-electron chi connectivity index (χ1n) is 11.3. The number of cyclic esters (lactones) is 1. The number of nitrogens with one attached hydrogen (secondary N) is 3. The lowest BCUT2D eigenvalue weighted by atomic mass is 9.97. The molecule has 1 aromatic carbocycles. The minimum atomic E-state index is -0.827. The number of esters is 1. The first kappa shape index (κ1) is 26.2. The number of hydrogen-bond acceptors (Lipinski definition) is 7. The van der Waals surface area contributed by atoms with E-state index < -0.39 is 30.0 Å². The number of rotatable bonds is 12. The second kappa shape index (κ2) is 13.4. The zero-order chi connectivity index (χ0) is 23.5. The van der Waals surface area contributed by atoms with Crippen LogP contribution in [0.3, 0.4) is 0 Å². The highest BCUT2D eigenvalue weighted by Crippen LogP contribution is 2.12. The van der Waals surface area contributed by atoms with Gasteiger partial charge in [-0.2, -0.15) is 12.6 Å². The summed E-state index contributed by atoms with van der Waals surface area (Å²) >= 11 is 4.20. The topological polar surface area (TPSA) is 123 Å². The van der Waals surface area contributed by atoms with E-state index in [1.54, 1.807) is 0 Å². The number of nitrogens with two attached hydrogens (primary N) is 1. The van der Waals surface area contributed by atoms with Gasteiger partial charge in [-0.15, -0.1) is 0 Å². The van der Waals surface area contributed by atoms with Gasteiger partial charge in [0, 0.05) is 24.8 Å². The third kappa shape index (κ3) is 8.11. The number of amides is 2. The minimum Gasteiger partial charge on any atom is -0.464 e. The highest BCUT2D eigenvalue weighted by molar-refractivity contribution is 7.80. The van der Waals surface area contributed by atoms with E-state index in [1.807, 2.05) is 44.2 Å². The van der Waals surface area contributed by atoms with Crippen LogP contribution in [0.1, 0.15) is 38.7 Å². The Hall–Kier alpha value is -2.10. The molecule has 1 aliphatic rings. The molecule has 1 saturated heterocycles. The minimum absolute atomic E-state index is 0.0378. The monoisotopic (exact) mass is 464 g/mol. The largest absolute Gasteiger partial charge is 0.464 e. The molecule has 1 fully saturated rings. The fourth-order valence-corrected chi connectivity index (χ4v) is 3.66. The average Bonchev–Trinajstić information content (AvgIpc) is 2.80. The normalized spacial score (nSPS) is 19.9. The summed E-state index contributed by atoms with van der Waals surface area (Å²) in [6.07, 6.45) is 2.31. The molecule has 0 bridgehead atoms. The van der Waals surface area contributed by atoms with Crippen molar-refractivity contribution in [2.24, 2.45) is 11.7 Å². The molecule has 0 spiro atoms. The molecule has 9 heteroatoms. The molecule has 2 amide bonds. The van der Waals surface area contributed by atoms with Crippen molar-refractivity contribution in [3.8, 4) is 0 Å². The van der Waals surface area contributed by atoms with E-state index in [9.17, 15) is 14.4 Å². The average molecular weight is 465 g/mol. The lowest BCUT2D eigenvalue weighted by Gasteiger charge is -2.29. The Morgan fingerprint density at radius 2 is 1.97 bits per heavy atom. The van der Waals surface area contributed by atoms with E-state index >= 15 is 0 Å². The van der Waals surface area contributed by atoms with Crippen molar-refractivity contribution in [2.75, 3.05) is 18.9 Å². The van der Waals surface area contributed by atoms with Gasteiger partial charge in [0.05, 0.1) is 12.6 Å². The van der Waals surface area contributed by atoms with Crippen molar-refractivity contribution < 1.29 is 19.1 Å². The standard InChI is InChI=1S/C23H36N4O4S/c1-3-15(2)20(25-13-17(24)14-32)22(29)27-19(12-16-8-5-4-6-9-16)21(28)26-18-10-7-11-31-23(18)30/h4-6,8-9,15,17-20,25,32H,3,7,10-14,24H2,1-2H3,(H,26,28)(H,27,29)/t15-,17+,18-,19-,20-/m0/s1. The molecule has 0 radical (unpaired) electrons. The lowest BCUT2D eigenvalue weighted by molar-refractivity contribution is -0.151. The van der Waals surface area contributed by atoms with Gasteiger partial charge >= 0.3 is 5.97 Å². The quantitative estimate of drug-likeness (QED) is 0.230. The third-order valence-electron chi connectivity index (χ3n) is 5.73. The van der Waals surface area contributed by atoms with Crippen LogP contribution in [0.15, 0.2) is 30.3 Å². The molecule has 0 aromatic heterocycles. The zero-order valence-corrected chi connectivity index (χ0v) is 19.8. The van der Waals surface area contributed by atoms with E-state index in [4.69, 9.17) is 10.5 Å². The van der Waals surface area contributed by atoms with Gasteiger partial charge in [-0.05, 0) is 24.3 Å². The van der Waals surface area contributed by atoms with Gasteiger partial charge in [0.2, 0.25) is 11.8 Å². The molecule has 8 nitrogen and oxygen atoms in total. The summed E-state index contributed by atoms with van der Waals surface area (Å²) in [6.45, 7) is 4.79. The van der Waals surface area contributed by atoms with Crippen LogP contribution in [-0.2, 0) is 25.5 Å². The van der Waals surface area contributed by atoms with Gasteiger partial charge < -0.3 is 26.4 Å². The number of carbonyl (C=O) groups excluding carboxylic acids is 3. The predicted molar refractivity (Wildman–Crippen MR) is 127 cm³/mol. The Kier molecular flexibility index (Phi) is 11.0. The number of ether oxygens (including phenoxy) is 1. The highest BCUT2D eigenvalue weighted by atomic mass is 32.1. The number of benzene rings is 1. The Balaban J connectivity index is 2.14. The van der Waals surface area contributed by atoms with Crippen molar-refractivity contribution in [1.82, 2.24) is 16.0 Å². The third-order valence-corrected chi connectivity index (χ3v) is 6.20. The van der Waals surface area contributed by atoms with E-state index in [0.717, 1.165) is 12.0 Å². The van der Waals surface area contributed by atoms with E-state index in [-0.39, 0.29) is 17.9 Å². The molecular weight excluding hydrogens is 428 g/mol. The Labute approximate surface area is 195 Å². The number of thiol groups is 1. The van der Waals surface area contributed by atoms with Gasteiger partial charge in [0.15, 0.2) is 0 Å². The maximum atomic E-state index is 13.2. The molecule has 1 heterocycles. The molecule has 1 aliphatic heterocycles. The fraction of sp³-hybridized carbons (Fsp3) is 0.609. The van der Waals surface area contributed by atoms with Crippen LogP contribution in [0.2, 0.25) is 0 Å². The SMILES string of the molecule is CC[C@H](C)[C@H](NC[C@@H](N)CS)C(=O)N[C@@H](Cc1ccccc1)C(=O)N[C@H]1CCCOC1=O. The molecule has 178 valence electrons. The van der Waals surface area contributed by atoms with Crippen molar-refractivity contribution in [3.05, 3.63) is 35.9 Å². The van der Waals surface area contributed by atoms with Gasteiger partial charge in [-0.25, -0.2) is 4.79 Å². The summed E-state index contributed by atoms with van der Waals surface area (Å²) in [5.74, 6) is -0.572. The summed E-state index contributed by atoms with van der Waals surface area (Å²) < 4.78 is 5.05. The summed E-state index contributed by atoms with van der Waals surface area (Å²) in [5, 5.41) is 8.88. The van der Waals surface area contributed by atoms with Gasteiger partial charge in [0.25, 0.3) is 0 Å². The van der Waals surface area contributed by atoms with Crippen LogP contribution in [0.25, 0.3) is 0 Å². The molecule has 5 atom stereocenters. The zero-order valence-electron chi connectivity index (χ0n) is 18.9. The van der Waals surface area contributed by atoms with Crippen LogP contribution in [0.5, 0.6) is 0 Å². The molecule has 0 aliphatic carbocycles. The van der Waals surface area contributed by atoms with Gasteiger partial charge in [0.1, 0.15) is 12.1 Å². The van der Waals surface area contributed by atoms with Gasteiger partial charge in [-0.3, -0.25) is 9.59 Å². The fourth-order valence-electron chi connectivity index (χ4n) is 3.53. The van der Waals surface area contributed by atoms with E-state index in [2.05, 4.69) is 28.6 Å². The Bertz CT molecular complexity index is 749. The van der Waals surface area contributed by atoms with Crippen LogP contribution in [0.4, 0.5) is 0 Å². The van der Waals surface area contributed by atoms with Crippen molar-refractivity contribution in [3.63, 3.8) is 0 Å². The summed E-state index contributed by atoms with van der Waals surface area (Å²) in [5.41, 5.74) is 6.86. The Morgan fingerprint density at radius 1 is 1.25 bits per heavy atom. The Morgan fingerprint density at radius 3 is 2.59 bits per heavy atom. The smallest absolute Gasteiger partial charge is 0.328 e. The maximum absolute atomic E-state index is 13.2. The maximum Gasteiger partial charge on any atom is 0.328 e. The molecule has 1 aromatic rings. The first-order valence-corrected chi connectivity index (χ1v) is 11.9. The van der Waals surface area contributed by atoms with E-state index in [0.29, 0.717) is 38.2 Å². The molecule has 2 rings (SSSR count). The second-order valence-corrected chi connectivity index (χ2v) is 8.70. The summed E-state index contributed by atoms with van der Waals surface area (Å²) in [4.78, 5) is 38.3. The highest BCUT2D eigenvalue weighted by Gasteiger charge is 2.32.